The van der Waals surface area contributed by atoms with Crippen LogP contribution in [0.4, 0.5) is 11.5 Å². The van der Waals surface area contributed by atoms with Crippen molar-refractivity contribution in [1.29, 1.82) is 0 Å². The lowest BCUT2D eigenvalue weighted by molar-refractivity contribution is -0.116. The summed E-state index contributed by atoms with van der Waals surface area (Å²) in [6, 6.07) is 19.1. The van der Waals surface area contributed by atoms with Crippen LogP contribution in [0.5, 0.6) is 0 Å². The summed E-state index contributed by atoms with van der Waals surface area (Å²) in [6.07, 6.45) is 5.82. The van der Waals surface area contributed by atoms with Crippen LogP contribution in [0.25, 0.3) is 33.7 Å². The number of para-hydroxylation sites is 3. The fourth-order valence-corrected chi connectivity index (χ4v) is 3.82. The molecule has 0 bridgehead atoms. The van der Waals surface area contributed by atoms with Gasteiger partial charge in [0.05, 0.1) is 11.8 Å². The van der Waals surface area contributed by atoms with Gasteiger partial charge in [-0.15, -0.1) is 0 Å². The molecule has 0 unspecified atom stereocenters. The van der Waals surface area contributed by atoms with Crippen LogP contribution < -0.4 is 10.6 Å². The number of carbonyl (C=O) groups excluding carboxylic acids is 1. The molecule has 2 N–H and O–H groups in total. The zero-order valence-electron chi connectivity index (χ0n) is 20.5. The number of nitrogens with one attached hydrogen (secondary N) is 2. The summed E-state index contributed by atoms with van der Waals surface area (Å²) in [5, 5.41) is 10.8. The van der Waals surface area contributed by atoms with Crippen LogP contribution in [0.3, 0.4) is 0 Å². The van der Waals surface area contributed by atoms with E-state index in [4.69, 9.17) is 9.40 Å². The first-order chi connectivity index (χ1) is 17.3. The number of aromatic nitrogens is 4. The first-order valence-corrected chi connectivity index (χ1v) is 11.9. The Morgan fingerprint density at radius 3 is 2.56 bits per heavy atom. The smallest absolute Gasteiger partial charge is 0.231 e. The topological polar surface area (TPSA) is 97.9 Å². The number of carbonyl (C=O) groups is 1. The van der Waals surface area contributed by atoms with Crippen molar-refractivity contribution >= 4 is 28.5 Å². The van der Waals surface area contributed by atoms with Crippen molar-refractivity contribution in [2.45, 2.75) is 39.3 Å². The van der Waals surface area contributed by atoms with E-state index in [1.54, 1.807) is 10.9 Å². The van der Waals surface area contributed by atoms with Crippen LogP contribution in [-0.2, 0) is 11.3 Å². The molecule has 0 aliphatic heterocycles. The molecular weight excluding hydrogens is 452 g/mol. The second-order valence-corrected chi connectivity index (χ2v) is 9.64. The van der Waals surface area contributed by atoms with E-state index in [9.17, 15) is 4.79 Å². The van der Waals surface area contributed by atoms with Crippen molar-refractivity contribution < 1.29 is 9.21 Å². The van der Waals surface area contributed by atoms with Gasteiger partial charge in [0.2, 0.25) is 11.8 Å². The lowest BCUT2D eigenvalue weighted by Crippen LogP contribution is -2.27. The fourth-order valence-electron chi connectivity index (χ4n) is 3.82. The van der Waals surface area contributed by atoms with Crippen molar-refractivity contribution in [1.82, 2.24) is 19.7 Å². The average molecular weight is 481 g/mol. The molecule has 0 spiro atoms. The Labute approximate surface area is 209 Å². The predicted molar refractivity (Wildman–Crippen MR) is 142 cm³/mol. The zero-order chi connectivity index (χ0) is 25.1. The van der Waals surface area contributed by atoms with Gasteiger partial charge in [-0.1, -0.05) is 30.3 Å². The van der Waals surface area contributed by atoms with E-state index in [1.165, 1.54) is 0 Å². The van der Waals surface area contributed by atoms with Crippen molar-refractivity contribution in [2.75, 3.05) is 10.6 Å². The molecule has 8 nitrogen and oxygen atoms in total. The molecule has 0 aliphatic rings. The lowest BCUT2D eigenvalue weighted by atomic mass is 10.1. The number of hydrogen-bond acceptors (Lipinski definition) is 6. The van der Waals surface area contributed by atoms with E-state index in [2.05, 4.69) is 41.5 Å². The molecule has 182 valence electrons. The number of hydrogen-bond donors (Lipinski definition) is 2. The highest BCUT2D eigenvalue weighted by molar-refractivity contribution is 5.90. The maximum atomic E-state index is 12.3. The molecule has 3 aromatic heterocycles. The lowest BCUT2D eigenvalue weighted by Gasteiger charge is -2.22. The van der Waals surface area contributed by atoms with Crippen LogP contribution in [-0.4, -0.2) is 31.2 Å². The highest BCUT2D eigenvalue weighted by Crippen LogP contribution is 2.33. The Bertz CT molecular complexity index is 1460. The standard InChI is InChI=1S/C28H28N6O2/c1-28(2,3)33-26-22(27-32-23-11-7-8-12-24(23)36-27)15-19(16-29-26)20-17-30-34(18-20)14-13-25(35)31-21-9-5-4-6-10-21/h4-12,15-18H,13-14H2,1-3H3,(H,29,33)(H,31,35). The molecule has 1 amide bonds. The van der Waals surface area contributed by atoms with Gasteiger partial charge in [0.15, 0.2) is 5.58 Å². The minimum atomic E-state index is -0.194. The van der Waals surface area contributed by atoms with E-state index in [0.29, 0.717) is 24.7 Å². The molecule has 2 aromatic carbocycles. The van der Waals surface area contributed by atoms with Crippen LogP contribution in [0, 0.1) is 0 Å². The van der Waals surface area contributed by atoms with Gasteiger partial charge in [0.1, 0.15) is 11.3 Å². The van der Waals surface area contributed by atoms with Gasteiger partial charge in [-0.25, -0.2) is 9.97 Å². The number of rotatable bonds is 7. The van der Waals surface area contributed by atoms with Crippen LogP contribution in [0.15, 0.2) is 83.7 Å². The molecule has 0 aliphatic carbocycles. The number of oxazole rings is 1. The average Bonchev–Trinajstić information content (AvgIpc) is 3.50. The number of amides is 1. The van der Waals surface area contributed by atoms with Gasteiger partial charge in [-0.05, 0) is 51.1 Å². The van der Waals surface area contributed by atoms with E-state index in [-0.39, 0.29) is 11.4 Å². The predicted octanol–water partition coefficient (Wildman–Crippen LogP) is 5.99. The van der Waals surface area contributed by atoms with Gasteiger partial charge in [-0.3, -0.25) is 9.48 Å². The maximum Gasteiger partial charge on any atom is 0.231 e. The van der Waals surface area contributed by atoms with E-state index >= 15 is 0 Å². The third kappa shape index (κ3) is 5.43. The monoisotopic (exact) mass is 480 g/mol. The molecule has 0 saturated carbocycles. The Balaban J connectivity index is 1.38. The second kappa shape index (κ2) is 9.65. The van der Waals surface area contributed by atoms with Crippen molar-refractivity contribution in [2.24, 2.45) is 0 Å². The van der Waals surface area contributed by atoms with E-state index in [0.717, 1.165) is 33.5 Å². The Morgan fingerprint density at radius 2 is 1.78 bits per heavy atom. The second-order valence-electron chi connectivity index (χ2n) is 9.64. The molecule has 0 fully saturated rings. The van der Waals surface area contributed by atoms with Crippen LogP contribution >= 0.6 is 0 Å². The Hall–Kier alpha value is -4.46. The minimum absolute atomic E-state index is 0.0595. The summed E-state index contributed by atoms with van der Waals surface area (Å²) >= 11 is 0. The molecule has 3 heterocycles. The number of benzene rings is 2. The molecular formula is C28H28N6O2. The highest BCUT2D eigenvalue weighted by Gasteiger charge is 2.19. The maximum absolute atomic E-state index is 12.3. The van der Waals surface area contributed by atoms with Crippen molar-refractivity contribution in [3.8, 4) is 22.6 Å². The number of nitrogens with zero attached hydrogens (tertiary/aromatic N) is 4. The summed E-state index contributed by atoms with van der Waals surface area (Å²) < 4.78 is 7.83. The minimum Gasteiger partial charge on any atom is -0.436 e. The largest absolute Gasteiger partial charge is 0.436 e. The molecule has 0 radical (unpaired) electrons. The first kappa shape index (κ1) is 23.3. The highest BCUT2D eigenvalue weighted by atomic mass is 16.3. The number of fused-ring (bicyclic) bond motifs is 1. The zero-order valence-corrected chi connectivity index (χ0v) is 20.5. The summed E-state index contributed by atoms with van der Waals surface area (Å²) in [7, 11) is 0. The van der Waals surface area contributed by atoms with Gasteiger partial charge in [0, 0.05) is 47.7 Å². The fraction of sp³-hybridized carbons (Fsp3) is 0.214. The molecule has 5 rings (SSSR count). The quantitative estimate of drug-likeness (QED) is 0.297. The number of anilines is 2. The SMILES string of the molecule is CC(C)(C)Nc1ncc(-c2cnn(CCC(=O)Nc3ccccc3)c2)cc1-c1nc2ccccc2o1. The summed E-state index contributed by atoms with van der Waals surface area (Å²) in [5.74, 6) is 1.14. The number of aryl methyl sites for hydroxylation is 1. The van der Waals surface area contributed by atoms with Gasteiger partial charge >= 0.3 is 0 Å². The molecule has 5 aromatic rings. The van der Waals surface area contributed by atoms with Crippen molar-refractivity contribution in [3.05, 3.63) is 79.3 Å². The van der Waals surface area contributed by atoms with E-state index in [1.807, 2.05) is 73.1 Å². The summed E-state index contributed by atoms with van der Waals surface area (Å²) in [5.41, 5.74) is 4.65. The normalized spacial score (nSPS) is 11.5. The number of pyridine rings is 1. The molecule has 0 saturated heterocycles. The van der Waals surface area contributed by atoms with Crippen LogP contribution in [0.2, 0.25) is 0 Å². The Kier molecular flexibility index (Phi) is 6.25. The molecule has 0 atom stereocenters. The van der Waals surface area contributed by atoms with Gasteiger partial charge in [-0.2, -0.15) is 5.10 Å². The molecule has 8 heteroatoms. The Morgan fingerprint density at radius 1 is 1.00 bits per heavy atom. The summed E-state index contributed by atoms with van der Waals surface area (Å²) in [4.78, 5) is 21.7. The van der Waals surface area contributed by atoms with Crippen molar-refractivity contribution in [3.63, 3.8) is 0 Å². The molecule has 36 heavy (non-hydrogen) atoms. The van der Waals surface area contributed by atoms with Crippen LogP contribution in [0.1, 0.15) is 27.2 Å². The van der Waals surface area contributed by atoms with Gasteiger partial charge in [0.25, 0.3) is 0 Å². The third-order valence-electron chi connectivity index (χ3n) is 5.50. The third-order valence-corrected chi connectivity index (χ3v) is 5.50. The first-order valence-electron chi connectivity index (χ1n) is 11.9. The summed E-state index contributed by atoms with van der Waals surface area (Å²) in [6.45, 7) is 6.71. The van der Waals surface area contributed by atoms with E-state index < -0.39 is 0 Å². The van der Waals surface area contributed by atoms with Gasteiger partial charge < -0.3 is 15.1 Å².